The SMILES string of the molecule is Cc1ccc(C(C)C)cc1C(C)CN1CCNCC1. The van der Waals surface area contributed by atoms with Gasteiger partial charge in [-0.15, -0.1) is 0 Å². The molecule has 0 aliphatic carbocycles. The minimum Gasteiger partial charge on any atom is -0.314 e. The molecule has 1 aromatic rings. The summed E-state index contributed by atoms with van der Waals surface area (Å²) in [5.41, 5.74) is 4.43. The number of rotatable bonds is 4. The molecule has 0 radical (unpaired) electrons. The van der Waals surface area contributed by atoms with Crippen LogP contribution >= 0.6 is 0 Å². The second kappa shape index (κ2) is 6.53. The Morgan fingerprint density at radius 1 is 1.16 bits per heavy atom. The number of nitrogens with zero attached hydrogens (tertiary/aromatic N) is 1. The monoisotopic (exact) mass is 260 g/mol. The zero-order valence-corrected chi connectivity index (χ0v) is 12.9. The third kappa shape index (κ3) is 3.80. The zero-order chi connectivity index (χ0) is 13.8. The van der Waals surface area contributed by atoms with Gasteiger partial charge in [0.15, 0.2) is 0 Å². The Bertz CT molecular complexity index is 406. The van der Waals surface area contributed by atoms with Crippen molar-refractivity contribution in [2.45, 2.75) is 39.5 Å². The Hall–Kier alpha value is -0.860. The second-order valence-corrected chi connectivity index (χ2v) is 6.22. The molecule has 1 aliphatic rings. The summed E-state index contributed by atoms with van der Waals surface area (Å²) < 4.78 is 0. The minimum absolute atomic E-state index is 0.616. The van der Waals surface area contributed by atoms with Gasteiger partial charge in [-0.05, 0) is 35.4 Å². The molecule has 0 saturated carbocycles. The van der Waals surface area contributed by atoms with Crippen LogP contribution in [0.25, 0.3) is 0 Å². The summed E-state index contributed by atoms with van der Waals surface area (Å²) in [4.78, 5) is 2.59. The van der Waals surface area contributed by atoms with Crippen LogP contribution in [0.4, 0.5) is 0 Å². The Labute approximate surface area is 118 Å². The highest BCUT2D eigenvalue weighted by Gasteiger charge is 2.16. The van der Waals surface area contributed by atoms with Gasteiger partial charge in [0.05, 0.1) is 0 Å². The smallest absolute Gasteiger partial charge is 0.0108 e. The number of hydrogen-bond donors (Lipinski definition) is 1. The van der Waals surface area contributed by atoms with Crippen molar-refractivity contribution in [3.05, 3.63) is 34.9 Å². The predicted molar refractivity (Wildman–Crippen MR) is 83.0 cm³/mol. The Morgan fingerprint density at radius 2 is 1.84 bits per heavy atom. The molecule has 0 bridgehead atoms. The van der Waals surface area contributed by atoms with E-state index in [9.17, 15) is 0 Å². The summed E-state index contributed by atoms with van der Waals surface area (Å²) >= 11 is 0. The maximum Gasteiger partial charge on any atom is 0.0108 e. The lowest BCUT2D eigenvalue weighted by Crippen LogP contribution is -2.44. The van der Waals surface area contributed by atoms with Gasteiger partial charge in [-0.1, -0.05) is 39.0 Å². The molecule has 1 fully saturated rings. The zero-order valence-electron chi connectivity index (χ0n) is 12.9. The summed E-state index contributed by atoms with van der Waals surface area (Å²) in [6.07, 6.45) is 0. The highest BCUT2D eigenvalue weighted by molar-refractivity contribution is 5.35. The quantitative estimate of drug-likeness (QED) is 0.895. The number of aryl methyl sites for hydroxylation is 1. The summed E-state index contributed by atoms with van der Waals surface area (Å²) in [6, 6.07) is 6.99. The second-order valence-electron chi connectivity index (χ2n) is 6.22. The number of nitrogens with one attached hydrogen (secondary N) is 1. The van der Waals surface area contributed by atoms with Crippen LogP contribution in [0, 0.1) is 6.92 Å². The van der Waals surface area contributed by atoms with Crippen LogP contribution in [0.1, 0.15) is 49.3 Å². The van der Waals surface area contributed by atoms with Gasteiger partial charge >= 0.3 is 0 Å². The molecule has 1 atom stereocenters. The van der Waals surface area contributed by atoms with Crippen molar-refractivity contribution >= 4 is 0 Å². The first-order valence-corrected chi connectivity index (χ1v) is 7.61. The molecule has 2 heteroatoms. The van der Waals surface area contributed by atoms with Crippen molar-refractivity contribution in [1.82, 2.24) is 10.2 Å². The van der Waals surface area contributed by atoms with Gasteiger partial charge in [0.2, 0.25) is 0 Å². The van der Waals surface area contributed by atoms with Crippen molar-refractivity contribution < 1.29 is 0 Å². The molecule has 106 valence electrons. The number of hydrogen-bond acceptors (Lipinski definition) is 2. The minimum atomic E-state index is 0.616. The topological polar surface area (TPSA) is 15.3 Å². The third-order valence-corrected chi connectivity index (χ3v) is 4.24. The predicted octanol–water partition coefficient (Wildman–Crippen LogP) is 3.13. The highest BCUT2D eigenvalue weighted by Crippen LogP contribution is 2.25. The lowest BCUT2D eigenvalue weighted by atomic mass is 9.91. The summed E-state index contributed by atoms with van der Waals surface area (Å²) in [5, 5.41) is 3.42. The van der Waals surface area contributed by atoms with Crippen LogP contribution in [-0.4, -0.2) is 37.6 Å². The lowest BCUT2D eigenvalue weighted by Gasteiger charge is -2.30. The van der Waals surface area contributed by atoms with Gasteiger partial charge in [-0.2, -0.15) is 0 Å². The van der Waals surface area contributed by atoms with Gasteiger partial charge in [0.1, 0.15) is 0 Å². The largest absolute Gasteiger partial charge is 0.314 e. The van der Waals surface area contributed by atoms with E-state index in [2.05, 4.69) is 56.1 Å². The van der Waals surface area contributed by atoms with E-state index in [1.807, 2.05) is 0 Å². The maximum absolute atomic E-state index is 3.42. The molecular formula is C17H28N2. The van der Waals surface area contributed by atoms with E-state index < -0.39 is 0 Å². The molecule has 1 N–H and O–H groups in total. The lowest BCUT2D eigenvalue weighted by molar-refractivity contribution is 0.230. The van der Waals surface area contributed by atoms with Gasteiger partial charge in [-0.3, -0.25) is 0 Å². The first-order valence-electron chi connectivity index (χ1n) is 7.61. The normalized spacial score (nSPS) is 18.8. The fourth-order valence-electron chi connectivity index (χ4n) is 2.93. The third-order valence-electron chi connectivity index (χ3n) is 4.24. The van der Waals surface area contributed by atoms with Crippen LogP contribution < -0.4 is 5.32 Å². The van der Waals surface area contributed by atoms with E-state index in [1.165, 1.54) is 36.3 Å². The Morgan fingerprint density at radius 3 is 2.47 bits per heavy atom. The van der Waals surface area contributed by atoms with Gasteiger partial charge < -0.3 is 10.2 Å². The number of benzene rings is 1. The van der Waals surface area contributed by atoms with E-state index in [-0.39, 0.29) is 0 Å². The molecule has 1 aromatic carbocycles. The molecule has 0 amide bonds. The number of piperazine rings is 1. The van der Waals surface area contributed by atoms with Gasteiger partial charge in [0, 0.05) is 32.7 Å². The van der Waals surface area contributed by atoms with Crippen molar-refractivity contribution in [1.29, 1.82) is 0 Å². The Kier molecular flexibility index (Phi) is 5.00. The van der Waals surface area contributed by atoms with Crippen molar-refractivity contribution in [3.63, 3.8) is 0 Å². The van der Waals surface area contributed by atoms with Crippen LogP contribution in [0.2, 0.25) is 0 Å². The molecule has 1 heterocycles. The van der Waals surface area contributed by atoms with Crippen molar-refractivity contribution in [2.75, 3.05) is 32.7 Å². The van der Waals surface area contributed by atoms with E-state index in [1.54, 1.807) is 0 Å². The molecule has 0 spiro atoms. The van der Waals surface area contributed by atoms with Crippen LogP contribution in [0.5, 0.6) is 0 Å². The molecule has 1 saturated heterocycles. The van der Waals surface area contributed by atoms with Crippen LogP contribution in [-0.2, 0) is 0 Å². The van der Waals surface area contributed by atoms with Crippen LogP contribution in [0.15, 0.2) is 18.2 Å². The van der Waals surface area contributed by atoms with E-state index >= 15 is 0 Å². The molecule has 19 heavy (non-hydrogen) atoms. The average molecular weight is 260 g/mol. The molecule has 2 rings (SSSR count). The fourth-order valence-corrected chi connectivity index (χ4v) is 2.93. The van der Waals surface area contributed by atoms with Gasteiger partial charge in [-0.25, -0.2) is 0 Å². The van der Waals surface area contributed by atoms with Gasteiger partial charge in [0.25, 0.3) is 0 Å². The molecule has 2 nitrogen and oxygen atoms in total. The molecule has 1 aliphatic heterocycles. The summed E-state index contributed by atoms with van der Waals surface area (Å²) in [6.45, 7) is 15.0. The van der Waals surface area contributed by atoms with E-state index in [4.69, 9.17) is 0 Å². The average Bonchev–Trinajstić information content (AvgIpc) is 2.40. The first-order chi connectivity index (χ1) is 9.08. The fraction of sp³-hybridized carbons (Fsp3) is 0.647. The standard InChI is InChI=1S/C17H28N2/c1-13(2)16-6-5-14(3)17(11-16)15(4)12-19-9-7-18-8-10-19/h5-6,11,13,15,18H,7-10,12H2,1-4H3. The van der Waals surface area contributed by atoms with Crippen LogP contribution in [0.3, 0.4) is 0 Å². The van der Waals surface area contributed by atoms with Crippen molar-refractivity contribution in [2.24, 2.45) is 0 Å². The highest BCUT2D eigenvalue weighted by atomic mass is 15.2. The molecular weight excluding hydrogens is 232 g/mol. The van der Waals surface area contributed by atoms with Crippen molar-refractivity contribution in [3.8, 4) is 0 Å². The Balaban J connectivity index is 2.08. The molecule has 0 aromatic heterocycles. The summed E-state index contributed by atoms with van der Waals surface area (Å²) in [5.74, 6) is 1.24. The summed E-state index contributed by atoms with van der Waals surface area (Å²) in [7, 11) is 0. The molecule has 1 unspecified atom stereocenters. The first kappa shape index (κ1) is 14.5. The van der Waals surface area contributed by atoms with E-state index in [0.717, 1.165) is 13.1 Å². The van der Waals surface area contributed by atoms with E-state index in [0.29, 0.717) is 11.8 Å². The maximum atomic E-state index is 3.42.